The Bertz CT molecular complexity index is 646. The molecule has 0 unspecified atom stereocenters. The number of sulfonamides is 1. The molecule has 0 saturated heterocycles. The summed E-state index contributed by atoms with van der Waals surface area (Å²) in [4.78, 5) is 16.6. The molecule has 1 aromatic heterocycles. The van der Waals surface area contributed by atoms with Crippen molar-refractivity contribution in [2.24, 2.45) is 0 Å². The van der Waals surface area contributed by atoms with Crippen LogP contribution in [0.1, 0.15) is 19.8 Å². The number of aliphatic carboxylic acids is 1. The minimum Gasteiger partial charge on any atom is -0.480 e. The molecule has 0 bridgehead atoms. The Morgan fingerprint density at radius 3 is 2.73 bits per heavy atom. The van der Waals surface area contributed by atoms with E-state index in [0.29, 0.717) is 23.9 Å². The SMILES string of the molecule is CCN(CC(=O)O)C1CC(NS(=O)(=O)c2cncc(Br)c2)C1. The summed E-state index contributed by atoms with van der Waals surface area (Å²) in [6.45, 7) is 2.51. The van der Waals surface area contributed by atoms with E-state index in [0.717, 1.165) is 0 Å². The van der Waals surface area contributed by atoms with Crippen LogP contribution < -0.4 is 4.72 Å². The van der Waals surface area contributed by atoms with Crippen LogP contribution in [0.3, 0.4) is 0 Å². The molecule has 1 aromatic rings. The summed E-state index contributed by atoms with van der Waals surface area (Å²) in [6.07, 6.45) is 4.04. The number of rotatable bonds is 7. The van der Waals surface area contributed by atoms with Crippen LogP contribution in [0, 0.1) is 0 Å². The van der Waals surface area contributed by atoms with E-state index >= 15 is 0 Å². The molecule has 7 nitrogen and oxygen atoms in total. The summed E-state index contributed by atoms with van der Waals surface area (Å²) in [5.41, 5.74) is 0. The number of hydrogen-bond acceptors (Lipinski definition) is 5. The number of carbonyl (C=O) groups is 1. The summed E-state index contributed by atoms with van der Waals surface area (Å²) in [7, 11) is -3.60. The average Bonchev–Trinajstić information content (AvgIpc) is 2.40. The number of carboxylic acid groups (broad SMARTS) is 1. The van der Waals surface area contributed by atoms with Gasteiger partial charge in [0.15, 0.2) is 0 Å². The van der Waals surface area contributed by atoms with Gasteiger partial charge in [-0.25, -0.2) is 13.1 Å². The van der Waals surface area contributed by atoms with E-state index in [9.17, 15) is 13.2 Å². The predicted octanol–water partition coefficient (Wildman–Crippen LogP) is 1.06. The molecule has 122 valence electrons. The van der Waals surface area contributed by atoms with Gasteiger partial charge in [0.05, 0.1) is 6.54 Å². The highest BCUT2D eigenvalue weighted by atomic mass is 79.9. The van der Waals surface area contributed by atoms with E-state index in [2.05, 4.69) is 25.6 Å². The number of pyridine rings is 1. The van der Waals surface area contributed by atoms with Crippen molar-refractivity contribution in [1.29, 1.82) is 0 Å². The molecule has 22 heavy (non-hydrogen) atoms. The summed E-state index contributed by atoms with van der Waals surface area (Å²) >= 11 is 3.20. The Balaban J connectivity index is 1.93. The second-order valence-electron chi connectivity index (χ2n) is 5.24. The van der Waals surface area contributed by atoms with Crippen LogP contribution >= 0.6 is 15.9 Å². The van der Waals surface area contributed by atoms with Gasteiger partial charge in [0.25, 0.3) is 0 Å². The van der Waals surface area contributed by atoms with E-state index in [-0.39, 0.29) is 23.5 Å². The zero-order valence-corrected chi connectivity index (χ0v) is 14.5. The zero-order valence-electron chi connectivity index (χ0n) is 12.1. The van der Waals surface area contributed by atoms with Crippen molar-refractivity contribution in [2.45, 2.75) is 36.7 Å². The topological polar surface area (TPSA) is 99.6 Å². The first-order valence-electron chi connectivity index (χ1n) is 6.90. The van der Waals surface area contributed by atoms with E-state index < -0.39 is 16.0 Å². The van der Waals surface area contributed by atoms with Gasteiger partial charge in [-0.3, -0.25) is 14.7 Å². The zero-order chi connectivity index (χ0) is 16.3. The molecule has 1 fully saturated rings. The molecule has 0 aliphatic heterocycles. The van der Waals surface area contributed by atoms with E-state index in [1.807, 2.05) is 11.8 Å². The van der Waals surface area contributed by atoms with Gasteiger partial charge in [-0.2, -0.15) is 0 Å². The largest absolute Gasteiger partial charge is 0.480 e. The standard InChI is InChI=1S/C13H18BrN3O4S/c1-2-17(8-13(18)19)11-4-10(5-11)16-22(20,21)12-3-9(14)6-15-7-12/h3,6-7,10-11,16H,2,4-5,8H2,1H3,(H,18,19). The third-order valence-electron chi connectivity index (χ3n) is 3.69. The highest BCUT2D eigenvalue weighted by molar-refractivity contribution is 9.10. The monoisotopic (exact) mass is 391 g/mol. The van der Waals surface area contributed by atoms with Crippen LogP contribution in [-0.4, -0.2) is 54.6 Å². The number of halogens is 1. The lowest BCUT2D eigenvalue weighted by Gasteiger charge is -2.42. The van der Waals surface area contributed by atoms with E-state index in [1.54, 1.807) is 0 Å². The molecule has 2 N–H and O–H groups in total. The van der Waals surface area contributed by atoms with Gasteiger partial charge in [0, 0.05) is 29.0 Å². The van der Waals surface area contributed by atoms with Gasteiger partial charge in [-0.1, -0.05) is 6.92 Å². The molecule has 0 aromatic carbocycles. The molecule has 0 radical (unpaired) electrons. The smallest absolute Gasteiger partial charge is 0.317 e. The molecule has 0 spiro atoms. The first-order valence-corrected chi connectivity index (χ1v) is 9.18. The van der Waals surface area contributed by atoms with Crippen molar-refractivity contribution in [1.82, 2.24) is 14.6 Å². The van der Waals surface area contributed by atoms with Crippen LogP contribution in [0.15, 0.2) is 27.8 Å². The van der Waals surface area contributed by atoms with Crippen molar-refractivity contribution >= 4 is 31.9 Å². The van der Waals surface area contributed by atoms with Crippen LogP contribution in [0.5, 0.6) is 0 Å². The van der Waals surface area contributed by atoms with Gasteiger partial charge < -0.3 is 5.11 Å². The lowest BCUT2D eigenvalue weighted by Crippen LogP contribution is -2.54. The van der Waals surface area contributed by atoms with Crippen LogP contribution in [0.4, 0.5) is 0 Å². The first-order chi connectivity index (χ1) is 10.3. The van der Waals surface area contributed by atoms with Gasteiger partial charge >= 0.3 is 5.97 Å². The molecule has 0 amide bonds. The van der Waals surface area contributed by atoms with Gasteiger partial charge in [0.2, 0.25) is 10.0 Å². The molecular weight excluding hydrogens is 374 g/mol. The number of aromatic nitrogens is 1. The fourth-order valence-electron chi connectivity index (χ4n) is 2.48. The van der Waals surface area contributed by atoms with E-state index in [1.165, 1.54) is 18.5 Å². The van der Waals surface area contributed by atoms with Gasteiger partial charge in [0.1, 0.15) is 4.90 Å². The Hall–Kier alpha value is -1.03. The van der Waals surface area contributed by atoms with Crippen LogP contribution in [0.25, 0.3) is 0 Å². The Morgan fingerprint density at radius 2 is 2.18 bits per heavy atom. The average molecular weight is 392 g/mol. The summed E-state index contributed by atoms with van der Waals surface area (Å²) in [6, 6.07) is 1.43. The highest BCUT2D eigenvalue weighted by Gasteiger charge is 2.36. The number of hydrogen-bond donors (Lipinski definition) is 2. The first kappa shape index (κ1) is 17.3. The maximum atomic E-state index is 12.2. The molecule has 1 saturated carbocycles. The number of nitrogens with one attached hydrogen (secondary N) is 1. The van der Waals surface area contributed by atoms with Crippen molar-refractivity contribution in [3.8, 4) is 0 Å². The van der Waals surface area contributed by atoms with Crippen LogP contribution in [0.2, 0.25) is 0 Å². The maximum Gasteiger partial charge on any atom is 0.317 e. The maximum absolute atomic E-state index is 12.2. The molecule has 1 aliphatic carbocycles. The molecular formula is C13H18BrN3O4S. The third-order valence-corrected chi connectivity index (χ3v) is 5.61. The third kappa shape index (κ3) is 4.25. The van der Waals surface area contributed by atoms with Gasteiger partial charge in [-0.15, -0.1) is 0 Å². The minimum atomic E-state index is -3.60. The fraction of sp³-hybridized carbons (Fsp3) is 0.538. The molecule has 1 aliphatic rings. The lowest BCUT2D eigenvalue weighted by atomic mass is 9.86. The number of carboxylic acids is 1. The second kappa shape index (κ2) is 7.03. The number of nitrogens with zero attached hydrogens (tertiary/aromatic N) is 2. The quantitative estimate of drug-likeness (QED) is 0.720. The lowest BCUT2D eigenvalue weighted by molar-refractivity contribution is -0.139. The molecule has 0 atom stereocenters. The van der Waals surface area contributed by atoms with E-state index in [4.69, 9.17) is 5.11 Å². The predicted molar refractivity (Wildman–Crippen MR) is 84.0 cm³/mol. The van der Waals surface area contributed by atoms with Gasteiger partial charge in [-0.05, 0) is 41.4 Å². The normalized spacial score (nSPS) is 21.6. The minimum absolute atomic E-state index is 0.0177. The Labute approximate surface area is 137 Å². The number of likely N-dealkylation sites (N-methyl/N-ethyl adjacent to an activating group) is 1. The van der Waals surface area contributed by atoms with Crippen LogP contribution in [-0.2, 0) is 14.8 Å². The molecule has 1 heterocycles. The highest BCUT2D eigenvalue weighted by Crippen LogP contribution is 2.27. The second-order valence-corrected chi connectivity index (χ2v) is 7.87. The molecule has 9 heteroatoms. The Morgan fingerprint density at radius 1 is 1.50 bits per heavy atom. The summed E-state index contributed by atoms with van der Waals surface area (Å²) < 4.78 is 27.7. The van der Waals surface area contributed by atoms with Crippen molar-refractivity contribution in [2.75, 3.05) is 13.1 Å². The van der Waals surface area contributed by atoms with Crippen molar-refractivity contribution in [3.63, 3.8) is 0 Å². The Kier molecular flexibility index (Phi) is 5.54. The van der Waals surface area contributed by atoms with Crippen molar-refractivity contribution in [3.05, 3.63) is 22.9 Å². The van der Waals surface area contributed by atoms with Crippen molar-refractivity contribution < 1.29 is 18.3 Å². The summed E-state index contributed by atoms with van der Waals surface area (Å²) in [5.74, 6) is -0.869. The summed E-state index contributed by atoms with van der Waals surface area (Å²) in [5, 5.41) is 8.85. The molecule has 2 rings (SSSR count). The fourth-order valence-corrected chi connectivity index (χ4v) is 4.25.